The summed E-state index contributed by atoms with van der Waals surface area (Å²) in [5.74, 6) is 0.633. The summed E-state index contributed by atoms with van der Waals surface area (Å²) in [4.78, 5) is 2.44. The number of hydrogen-bond donors (Lipinski definition) is 1. The van der Waals surface area contributed by atoms with E-state index in [9.17, 15) is 0 Å². The van der Waals surface area contributed by atoms with Crippen LogP contribution >= 0.6 is 0 Å². The second-order valence-corrected chi connectivity index (χ2v) is 4.95. The van der Waals surface area contributed by atoms with E-state index in [0.717, 1.165) is 25.2 Å². The first-order valence-electron chi connectivity index (χ1n) is 6.16. The molecule has 0 aliphatic carbocycles. The van der Waals surface area contributed by atoms with Crippen molar-refractivity contribution >= 4 is 0 Å². The van der Waals surface area contributed by atoms with E-state index in [1.165, 1.54) is 12.0 Å². The van der Waals surface area contributed by atoms with Crippen LogP contribution in [0.15, 0.2) is 24.3 Å². The van der Waals surface area contributed by atoms with Crippen molar-refractivity contribution in [3.05, 3.63) is 35.4 Å². The minimum atomic E-state index is 0.293. The topological polar surface area (TPSA) is 53.0 Å². The Morgan fingerprint density at radius 3 is 2.71 bits per heavy atom. The van der Waals surface area contributed by atoms with Crippen molar-refractivity contribution in [2.45, 2.75) is 25.9 Å². The smallest absolute Gasteiger partial charge is 0.0991 e. The van der Waals surface area contributed by atoms with Crippen LogP contribution in [0.2, 0.25) is 0 Å². The van der Waals surface area contributed by atoms with Crippen molar-refractivity contribution in [1.82, 2.24) is 4.90 Å². The standard InChI is InChI=1S/C14H19N3/c1-11(16)14-6-7-17(10-14)9-13-4-2-12(8-15)3-5-13/h2-5,11,14H,6-7,9-10,16H2,1H3. The Kier molecular flexibility index (Phi) is 3.78. The molecule has 1 saturated heterocycles. The average Bonchev–Trinajstić information content (AvgIpc) is 2.79. The molecule has 0 amide bonds. The van der Waals surface area contributed by atoms with E-state index in [2.05, 4.69) is 17.9 Å². The van der Waals surface area contributed by atoms with Gasteiger partial charge in [-0.15, -0.1) is 0 Å². The van der Waals surface area contributed by atoms with Crippen LogP contribution < -0.4 is 5.73 Å². The number of hydrogen-bond acceptors (Lipinski definition) is 3. The predicted octanol–water partition coefficient (Wildman–Crippen LogP) is 1.73. The third kappa shape index (κ3) is 3.06. The molecular formula is C14H19N3. The minimum Gasteiger partial charge on any atom is -0.328 e. The molecule has 3 nitrogen and oxygen atoms in total. The van der Waals surface area contributed by atoms with Gasteiger partial charge >= 0.3 is 0 Å². The molecule has 1 aliphatic heterocycles. The number of rotatable bonds is 3. The van der Waals surface area contributed by atoms with E-state index in [0.29, 0.717) is 12.0 Å². The lowest BCUT2D eigenvalue weighted by Gasteiger charge is -2.17. The van der Waals surface area contributed by atoms with Gasteiger partial charge in [-0.2, -0.15) is 5.26 Å². The summed E-state index contributed by atoms with van der Waals surface area (Å²) < 4.78 is 0. The highest BCUT2D eigenvalue weighted by Gasteiger charge is 2.24. The monoisotopic (exact) mass is 229 g/mol. The maximum atomic E-state index is 8.73. The highest BCUT2D eigenvalue weighted by atomic mass is 15.1. The van der Waals surface area contributed by atoms with Gasteiger partial charge in [0, 0.05) is 19.1 Å². The van der Waals surface area contributed by atoms with E-state index in [4.69, 9.17) is 11.0 Å². The first-order valence-corrected chi connectivity index (χ1v) is 6.16. The largest absolute Gasteiger partial charge is 0.328 e. The van der Waals surface area contributed by atoms with Gasteiger partial charge in [-0.1, -0.05) is 12.1 Å². The molecule has 0 spiro atoms. The van der Waals surface area contributed by atoms with Crippen LogP contribution in [0.3, 0.4) is 0 Å². The normalized spacial score (nSPS) is 22.3. The SMILES string of the molecule is CC(N)C1CCN(Cc2ccc(C#N)cc2)C1. The highest BCUT2D eigenvalue weighted by molar-refractivity contribution is 5.31. The number of nitrogens with two attached hydrogens (primary N) is 1. The number of nitrogens with zero attached hydrogens (tertiary/aromatic N) is 2. The molecule has 90 valence electrons. The first kappa shape index (κ1) is 12.1. The molecule has 3 heteroatoms. The lowest BCUT2D eigenvalue weighted by molar-refractivity contribution is 0.308. The third-order valence-electron chi connectivity index (χ3n) is 3.54. The summed E-state index contributed by atoms with van der Waals surface area (Å²) in [6.45, 7) is 5.29. The van der Waals surface area contributed by atoms with Gasteiger partial charge in [0.05, 0.1) is 11.6 Å². The predicted molar refractivity (Wildman–Crippen MR) is 68.2 cm³/mol. The molecule has 1 fully saturated rings. The Labute approximate surface area is 103 Å². The van der Waals surface area contributed by atoms with Crippen LogP contribution in [-0.4, -0.2) is 24.0 Å². The average molecular weight is 229 g/mol. The van der Waals surface area contributed by atoms with Crippen molar-refractivity contribution in [2.24, 2.45) is 11.7 Å². The zero-order valence-electron chi connectivity index (χ0n) is 10.3. The van der Waals surface area contributed by atoms with Crippen LogP contribution in [0, 0.1) is 17.2 Å². The summed E-state index contributed by atoms with van der Waals surface area (Å²) in [6, 6.07) is 10.3. The second-order valence-electron chi connectivity index (χ2n) is 4.95. The Morgan fingerprint density at radius 1 is 1.47 bits per heavy atom. The van der Waals surface area contributed by atoms with Gasteiger partial charge in [-0.05, 0) is 43.5 Å². The zero-order chi connectivity index (χ0) is 12.3. The Hall–Kier alpha value is -1.37. The van der Waals surface area contributed by atoms with E-state index < -0.39 is 0 Å². The number of benzene rings is 1. The molecule has 0 radical (unpaired) electrons. The first-order chi connectivity index (χ1) is 8.19. The molecule has 2 rings (SSSR count). The minimum absolute atomic E-state index is 0.293. The molecule has 1 aromatic carbocycles. The Balaban J connectivity index is 1.91. The fourth-order valence-electron chi connectivity index (χ4n) is 2.38. The van der Waals surface area contributed by atoms with Crippen molar-refractivity contribution in [3.8, 4) is 6.07 Å². The molecule has 1 aromatic rings. The molecule has 1 aliphatic rings. The summed E-state index contributed by atoms with van der Waals surface area (Å²) in [7, 11) is 0. The molecule has 2 N–H and O–H groups in total. The quantitative estimate of drug-likeness (QED) is 0.858. The maximum Gasteiger partial charge on any atom is 0.0991 e. The lowest BCUT2D eigenvalue weighted by Crippen LogP contribution is -2.29. The number of nitriles is 1. The second kappa shape index (κ2) is 5.31. The van der Waals surface area contributed by atoms with Gasteiger partial charge in [-0.25, -0.2) is 0 Å². The van der Waals surface area contributed by atoms with Crippen LogP contribution in [0.4, 0.5) is 0 Å². The van der Waals surface area contributed by atoms with Crippen LogP contribution in [0.1, 0.15) is 24.5 Å². The molecule has 0 aromatic heterocycles. The number of likely N-dealkylation sites (tertiary alicyclic amines) is 1. The van der Waals surface area contributed by atoms with E-state index in [1.54, 1.807) is 0 Å². The van der Waals surface area contributed by atoms with Crippen LogP contribution in [-0.2, 0) is 6.54 Å². The van der Waals surface area contributed by atoms with Crippen LogP contribution in [0.5, 0.6) is 0 Å². The summed E-state index contributed by atoms with van der Waals surface area (Å²) in [5.41, 5.74) is 7.93. The molecule has 2 atom stereocenters. The van der Waals surface area contributed by atoms with Gasteiger partial charge in [-0.3, -0.25) is 4.90 Å². The van der Waals surface area contributed by atoms with Gasteiger partial charge in [0.15, 0.2) is 0 Å². The zero-order valence-corrected chi connectivity index (χ0v) is 10.3. The summed E-state index contributed by atoms with van der Waals surface area (Å²) in [5, 5.41) is 8.73. The van der Waals surface area contributed by atoms with E-state index in [-0.39, 0.29) is 0 Å². The van der Waals surface area contributed by atoms with Gasteiger partial charge < -0.3 is 5.73 Å². The van der Waals surface area contributed by atoms with E-state index >= 15 is 0 Å². The molecule has 0 bridgehead atoms. The Bertz CT molecular complexity index is 402. The molecule has 1 heterocycles. The summed E-state index contributed by atoms with van der Waals surface area (Å²) >= 11 is 0. The Morgan fingerprint density at radius 2 is 2.18 bits per heavy atom. The fourth-order valence-corrected chi connectivity index (χ4v) is 2.38. The van der Waals surface area contributed by atoms with Gasteiger partial charge in [0.2, 0.25) is 0 Å². The van der Waals surface area contributed by atoms with Crippen LogP contribution in [0.25, 0.3) is 0 Å². The molecule has 0 saturated carbocycles. The van der Waals surface area contributed by atoms with Crippen molar-refractivity contribution in [1.29, 1.82) is 5.26 Å². The third-order valence-corrected chi connectivity index (χ3v) is 3.54. The van der Waals surface area contributed by atoms with Crippen molar-refractivity contribution in [3.63, 3.8) is 0 Å². The maximum absolute atomic E-state index is 8.73. The van der Waals surface area contributed by atoms with E-state index in [1.807, 2.05) is 24.3 Å². The summed E-state index contributed by atoms with van der Waals surface area (Å²) in [6.07, 6.45) is 1.20. The fraction of sp³-hybridized carbons (Fsp3) is 0.500. The highest BCUT2D eigenvalue weighted by Crippen LogP contribution is 2.20. The van der Waals surface area contributed by atoms with Gasteiger partial charge in [0.25, 0.3) is 0 Å². The van der Waals surface area contributed by atoms with Crippen molar-refractivity contribution in [2.75, 3.05) is 13.1 Å². The molecule has 2 unspecified atom stereocenters. The molecular weight excluding hydrogens is 210 g/mol. The van der Waals surface area contributed by atoms with Gasteiger partial charge in [0.1, 0.15) is 0 Å². The lowest BCUT2D eigenvalue weighted by atomic mass is 10.0. The van der Waals surface area contributed by atoms with Crippen molar-refractivity contribution < 1.29 is 0 Å². The molecule has 17 heavy (non-hydrogen) atoms.